The summed E-state index contributed by atoms with van der Waals surface area (Å²) in [4.78, 5) is 0. The SMILES string of the molecule is c1ccc(-c2ccc(C3c4ccccc4-c4cc(-c5ccc6c(c5)-c5ccc7c(c5C6c5ccc(-c6ccccc6)cc5)Cc5ccccc5-7)ccc43)cc2)cc1. The first-order valence-corrected chi connectivity index (χ1v) is 20.2. The van der Waals surface area contributed by atoms with Gasteiger partial charge in [-0.25, -0.2) is 0 Å². The topological polar surface area (TPSA) is 0 Å². The van der Waals surface area contributed by atoms with E-state index in [1.165, 1.54) is 111 Å². The second-order valence-corrected chi connectivity index (χ2v) is 15.9. The predicted octanol–water partition coefficient (Wildman–Crippen LogP) is 14.6. The van der Waals surface area contributed by atoms with E-state index < -0.39 is 0 Å². The van der Waals surface area contributed by atoms with Crippen LogP contribution in [0.15, 0.2) is 206 Å². The highest BCUT2D eigenvalue weighted by Crippen LogP contribution is 2.55. The average Bonchev–Trinajstić information content (AvgIpc) is 3.94. The molecule has 0 saturated heterocycles. The van der Waals surface area contributed by atoms with Gasteiger partial charge >= 0.3 is 0 Å². The van der Waals surface area contributed by atoms with Crippen LogP contribution in [0.2, 0.25) is 0 Å². The maximum atomic E-state index is 2.48. The fourth-order valence-corrected chi connectivity index (χ4v) is 10.3. The van der Waals surface area contributed by atoms with Crippen molar-refractivity contribution in [2.24, 2.45) is 0 Å². The first-order valence-electron chi connectivity index (χ1n) is 20.2. The maximum absolute atomic E-state index is 2.48. The number of rotatable bonds is 5. The molecule has 0 aliphatic heterocycles. The quantitative estimate of drug-likeness (QED) is 0.166. The van der Waals surface area contributed by atoms with Gasteiger partial charge < -0.3 is 0 Å². The van der Waals surface area contributed by atoms with Crippen LogP contribution in [0.4, 0.5) is 0 Å². The summed E-state index contributed by atoms with van der Waals surface area (Å²) in [5, 5.41) is 0. The van der Waals surface area contributed by atoms with Crippen LogP contribution in [0.5, 0.6) is 0 Å². The smallest absolute Gasteiger partial charge is 0.0355 e. The Labute approximate surface area is 334 Å². The molecule has 3 aliphatic rings. The molecule has 9 aromatic carbocycles. The molecule has 12 rings (SSSR count). The molecule has 266 valence electrons. The summed E-state index contributed by atoms with van der Waals surface area (Å²) in [6.45, 7) is 0. The Morgan fingerprint density at radius 1 is 0.281 bits per heavy atom. The minimum atomic E-state index is 0.180. The van der Waals surface area contributed by atoms with Crippen molar-refractivity contribution in [3.05, 3.63) is 251 Å². The van der Waals surface area contributed by atoms with E-state index in [0.29, 0.717) is 0 Å². The van der Waals surface area contributed by atoms with Crippen molar-refractivity contribution in [3.8, 4) is 66.8 Å². The molecule has 0 amide bonds. The molecule has 0 aromatic heterocycles. The minimum absolute atomic E-state index is 0.180. The van der Waals surface area contributed by atoms with Crippen molar-refractivity contribution in [1.29, 1.82) is 0 Å². The molecule has 0 radical (unpaired) electrons. The van der Waals surface area contributed by atoms with Gasteiger partial charge in [0.15, 0.2) is 0 Å². The summed E-state index contributed by atoms with van der Waals surface area (Å²) in [5.74, 6) is 0.390. The highest BCUT2D eigenvalue weighted by molar-refractivity contribution is 5.92. The normalized spacial score (nSPS) is 15.3. The van der Waals surface area contributed by atoms with Gasteiger partial charge in [-0.15, -0.1) is 0 Å². The van der Waals surface area contributed by atoms with E-state index in [4.69, 9.17) is 0 Å². The van der Waals surface area contributed by atoms with E-state index in [1.54, 1.807) is 0 Å². The van der Waals surface area contributed by atoms with E-state index >= 15 is 0 Å². The van der Waals surface area contributed by atoms with Gasteiger partial charge in [0.05, 0.1) is 0 Å². The molecule has 2 atom stereocenters. The van der Waals surface area contributed by atoms with Crippen LogP contribution < -0.4 is 0 Å². The number of hydrogen-bond donors (Lipinski definition) is 0. The Morgan fingerprint density at radius 2 is 0.737 bits per heavy atom. The zero-order valence-electron chi connectivity index (χ0n) is 31.5. The Hall–Kier alpha value is -7.02. The van der Waals surface area contributed by atoms with Gasteiger partial charge in [0.1, 0.15) is 0 Å². The Bertz CT molecular complexity index is 3010. The molecular formula is C57H38. The monoisotopic (exact) mass is 722 g/mol. The molecule has 0 heteroatoms. The second-order valence-electron chi connectivity index (χ2n) is 15.9. The Morgan fingerprint density at radius 3 is 1.39 bits per heavy atom. The van der Waals surface area contributed by atoms with Crippen LogP contribution in [-0.4, -0.2) is 0 Å². The molecular weight excluding hydrogens is 685 g/mol. The van der Waals surface area contributed by atoms with Crippen LogP contribution >= 0.6 is 0 Å². The van der Waals surface area contributed by atoms with Crippen molar-refractivity contribution in [2.45, 2.75) is 18.3 Å². The molecule has 0 saturated carbocycles. The molecule has 0 N–H and O–H groups in total. The Kier molecular flexibility index (Phi) is 7.22. The zero-order valence-corrected chi connectivity index (χ0v) is 31.5. The lowest BCUT2D eigenvalue weighted by Crippen LogP contribution is -2.03. The molecule has 2 unspecified atom stereocenters. The van der Waals surface area contributed by atoms with Crippen LogP contribution in [0, 0.1) is 0 Å². The third-order valence-corrected chi connectivity index (χ3v) is 12.9. The fourth-order valence-electron chi connectivity index (χ4n) is 10.3. The van der Waals surface area contributed by atoms with Crippen molar-refractivity contribution in [1.82, 2.24) is 0 Å². The van der Waals surface area contributed by atoms with E-state index in [9.17, 15) is 0 Å². The highest BCUT2D eigenvalue weighted by atomic mass is 14.4. The minimum Gasteiger partial charge on any atom is -0.0622 e. The predicted molar refractivity (Wildman–Crippen MR) is 237 cm³/mol. The maximum Gasteiger partial charge on any atom is 0.0355 e. The lowest BCUT2D eigenvalue weighted by atomic mass is 9.84. The third-order valence-electron chi connectivity index (χ3n) is 12.9. The molecule has 3 aliphatic carbocycles. The first-order chi connectivity index (χ1) is 28.3. The van der Waals surface area contributed by atoms with Crippen molar-refractivity contribution in [2.75, 3.05) is 0 Å². The summed E-state index contributed by atoms with van der Waals surface area (Å²) >= 11 is 0. The first kappa shape index (κ1) is 32.2. The van der Waals surface area contributed by atoms with Gasteiger partial charge in [-0.3, -0.25) is 0 Å². The summed E-state index contributed by atoms with van der Waals surface area (Å²) in [6, 6.07) is 77.2. The fraction of sp³-hybridized carbons (Fsp3) is 0.0526. The van der Waals surface area contributed by atoms with Gasteiger partial charge in [-0.05, 0) is 130 Å². The average molecular weight is 723 g/mol. The summed E-state index contributed by atoms with van der Waals surface area (Å²) in [7, 11) is 0. The molecule has 0 bridgehead atoms. The summed E-state index contributed by atoms with van der Waals surface area (Å²) < 4.78 is 0. The lowest BCUT2D eigenvalue weighted by molar-refractivity contribution is 0.990. The largest absolute Gasteiger partial charge is 0.0622 e. The van der Waals surface area contributed by atoms with Gasteiger partial charge in [0.2, 0.25) is 0 Å². The van der Waals surface area contributed by atoms with Crippen LogP contribution in [0.1, 0.15) is 56.3 Å². The molecule has 57 heavy (non-hydrogen) atoms. The van der Waals surface area contributed by atoms with Crippen molar-refractivity contribution < 1.29 is 0 Å². The van der Waals surface area contributed by atoms with Crippen molar-refractivity contribution in [3.63, 3.8) is 0 Å². The second kappa shape index (κ2) is 12.8. The number of hydrogen-bond acceptors (Lipinski definition) is 0. The van der Waals surface area contributed by atoms with E-state index in [0.717, 1.165) is 6.42 Å². The lowest BCUT2D eigenvalue weighted by Gasteiger charge is -2.18. The molecule has 0 nitrogen and oxygen atoms in total. The summed E-state index contributed by atoms with van der Waals surface area (Å²) in [5.41, 5.74) is 27.0. The number of fused-ring (bicyclic) bond motifs is 10. The summed E-state index contributed by atoms with van der Waals surface area (Å²) in [6.07, 6.45) is 0.981. The Balaban J connectivity index is 0.959. The third kappa shape index (κ3) is 5.07. The zero-order chi connectivity index (χ0) is 37.5. The van der Waals surface area contributed by atoms with Gasteiger partial charge in [0, 0.05) is 11.8 Å². The van der Waals surface area contributed by atoms with Crippen LogP contribution in [-0.2, 0) is 6.42 Å². The van der Waals surface area contributed by atoms with E-state index in [1.807, 2.05) is 0 Å². The van der Waals surface area contributed by atoms with Crippen LogP contribution in [0.3, 0.4) is 0 Å². The molecule has 9 aromatic rings. The van der Waals surface area contributed by atoms with Crippen molar-refractivity contribution >= 4 is 0 Å². The van der Waals surface area contributed by atoms with E-state index in [-0.39, 0.29) is 11.8 Å². The highest BCUT2D eigenvalue weighted by Gasteiger charge is 2.36. The van der Waals surface area contributed by atoms with E-state index in [2.05, 4.69) is 206 Å². The molecule has 0 heterocycles. The van der Waals surface area contributed by atoms with Gasteiger partial charge in [0.25, 0.3) is 0 Å². The van der Waals surface area contributed by atoms with Gasteiger partial charge in [-0.1, -0.05) is 194 Å². The van der Waals surface area contributed by atoms with Gasteiger partial charge in [-0.2, -0.15) is 0 Å². The standard InChI is InChI=1S/C57H38/c1-3-11-36(12-4-1)38-19-23-40(24-20-38)55-48-18-10-9-17-46(48)52-33-42(27-29-49(52)55)43-28-30-50-53(34-43)51-32-31-47-45-16-8-7-15-44(45)35-54(47)57(51)56(50)41-25-21-39(22-26-41)37-13-5-2-6-14-37/h1-34,55-56H,35H2. The molecule has 0 fully saturated rings. The number of benzene rings is 9. The molecule has 0 spiro atoms. The van der Waals surface area contributed by atoms with Crippen LogP contribution in [0.25, 0.3) is 66.8 Å².